The molecule has 1 aliphatic heterocycles. The van der Waals surface area contributed by atoms with Gasteiger partial charge in [-0.25, -0.2) is 9.18 Å². The van der Waals surface area contributed by atoms with Gasteiger partial charge in [-0.1, -0.05) is 5.16 Å². The van der Waals surface area contributed by atoms with Crippen molar-refractivity contribution in [2.24, 2.45) is 10.9 Å². The number of aromatic nitrogens is 1. The highest BCUT2D eigenvalue weighted by Crippen LogP contribution is 2.30. The maximum absolute atomic E-state index is 15.1. The van der Waals surface area contributed by atoms with Gasteiger partial charge in [0.2, 0.25) is 5.43 Å². The molecule has 0 amide bonds. The molecule has 0 spiro atoms. The van der Waals surface area contributed by atoms with Crippen molar-refractivity contribution in [1.29, 1.82) is 0 Å². The Morgan fingerprint density at radius 1 is 1.42 bits per heavy atom. The number of benzene rings is 1. The van der Waals surface area contributed by atoms with Crippen LogP contribution in [-0.2, 0) is 9.57 Å². The van der Waals surface area contributed by atoms with Crippen molar-refractivity contribution in [3.05, 3.63) is 39.9 Å². The summed E-state index contributed by atoms with van der Waals surface area (Å²) in [6.07, 6.45) is 1.77. The third-order valence-corrected chi connectivity index (χ3v) is 5.55. The van der Waals surface area contributed by atoms with Crippen molar-refractivity contribution in [3.63, 3.8) is 0 Å². The van der Waals surface area contributed by atoms with E-state index in [-0.39, 0.29) is 23.7 Å². The van der Waals surface area contributed by atoms with Gasteiger partial charge in [0.05, 0.1) is 35.1 Å². The predicted octanol–water partition coefficient (Wildman–Crippen LogP) is 1.98. The summed E-state index contributed by atoms with van der Waals surface area (Å²) < 4.78 is 22.0. The van der Waals surface area contributed by atoms with Crippen molar-refractivity contribution >= 4 is 28.3 Å². The molecule has 0 bridgehead atoms. The molecule has 9 nitrogen and oxygen atoms in total. The number of rotatable bonds is 6. The minimum Gasteiger partial charge on any atom is -0.477 e. The number of nitrogens with zero attached hydrogens (tertiary/aromatic N) is 3. The van der Waals surface area contributed by atoms with Crippen LogP contribution in [0, 0.1) is 5.82 Å². The van der Waals surface area contributed by atoms with Crippen molar-refractivity contribution in [2.75, 3.05) is 38.8 Å². The molecule has 0 aliphatic carbocycles. The fourth-order valence-corrected chi connectivity index (χ4v) is 4.00. The van der Waals surface area contributed by atoms with Crippen LogP contribution in [0.5, 0.6) is 0 Å². The summed E-state index contributed by atoms with van der Waals surface area (Å²) >= 11 is 0. The van der Waals surface area contributed by atoms with Gasteiger partial charge in [-0.05, 0) is 26.0 Å². The lowest BCUT2D eigenvalue weighted by molar-refractivity contribution is 0.0694. The van der Waals surface area contributed by atoms with Crippen LogP contribution >= 0.6 is 0 Å². The lowest BCUT2D eigenvalue weighted by Crippen LogP contribution is -2.58. The van der Waals surface area contributed by atoms with E-state index in [2.05, 4.69) is 5.16 Å². The van der Waals surface area contributed by atoms with Gasteiger partial charge in [0.15, 0.2) is 0 Å². The van der Waals surface area contributed by atoms with Gasteiger partial charge in [0.25, 0.3) is 0 Å². The molecule has 1 unspecified atom stereocenters. The van der Waals surface area contributed by atoms with Gasteiger partial charge in [-0.3, -0.25) is 4.79 Å². The van der Waals surface area contributed by atoms with E-state index in [1.54, 1.807) is 22.5 Å². The summed E-state index contributed by atoms with van der Waals surface area (Å²) in [5.74, 6) is -1.99. The molecular formula is C21H27FN4O5. The maximum atomic E-state index is 15.1. The third kappa shape index (κ3) is 4.26. The Morgan fingerprint density at radius 2 is 2.13 bits per heavy atom. The first kappa shape index (κ1) is 22.7. The Kier molecular flexibility index (Phi) is 6.33. The first-order valence-electron chi connectivity index (χ1n) is 9.85. The summed E-state index contributed by atoms with van der Waals surface area (Å²) in [5, 5.41) is 13.4. The normalized spacial score (nSPS) is 21.5. The summed E-state index contributed by atoms with van der Waals surface area (Å²) in [6.45, 7) is 4.66. The van der Waals surface area contributed by atoms with Gasteiger partial charge >= 0.3 is 5.97 Å². The molecule has 1 fully saturated rings. The van der Waals surface area contributed by atoms with Crippen LogP contribution in [0.3, 0.4) is 0 Å². The molecule has 10 heteroatoms. The highest BCUT2D eigenvalue weighted by atomic mass is 19.1. The smallest absolute Gasteiger partial charge is 0.341 e. The number of hydrogen-bond acceptors (Lipinski definition) is 7. The van der Waals surface area contributed by atoms with E-state index in [0.717, 1.165) is 6.07 Å². The number of ether oxygens (including phenoxy) is 1. The summed E-state index contributed by atoms with van der Waals surface area (Å²) in [5.41, 5.74) is 5.79. The fourth-order valence-electron chi connectivity index (χ4n) is 4.00. The number of carbonyl (C=O) groups is 1. The molecule has 168 valence electrons. The standard InChI is InChI=1S/C21H27FN4O5/c1-12(10-30-3)26-9-14(20(28)29)19(27)13-7-15(22)17(8-16(13)26)25-6-5-18(24-31-4)21(2,23)11-25/h7-9,12H,5-6,10-11,23H2,1-4H3,(H,28,29)/b24-18-/t12-,21?/m0/s1. The second-order valence-electron chi connectivity index (χ2n) is 8.02. The molecule has 0 saturated carbocycles. The number of carboxylic acid groups (broad SMARTS) is 1. The van der Waals surface area contributed by atoms with Gasteiger partial charge in [-0.2, -0.15) is 0 Å². The first-order valence-corrected chi connectivity index (χ1v) is 9.85. The Labute approximate surface area is 178 Å². The molecule has 3 rings (SSSR count). The molecule has 1 saturated heterocycles. The number of hydrogen-bond donors (Lipinski definition) is 2. The SMILES string of the molecule is COC[C@H](C)n1cc(C(=O)O)c(=O)c2cc(F)c(N3CC/C(=N/OC)C(C)(N)C3)cc21. The largest absolute Gasteiger partial charge is 0.477 e. The molecular weight excluding hydrogens is 407 g/mol. The molecule has 2 heterocycles. The number of carboxylic acids is 1. The van der Waals surface area contributed by atoms with Gasteiger partial charge in [0, 0.05) is 38.2 Å². The number of fused-ring (bicyclic) bond motifs is 1. The lowest BCUT2D eigenvalue weighted by Gasteiger charge is -2.40. The Balaban J connectivity index is 2.17. The lowest BCUT2D eigenvalue weighted by atomic mass is 9.89. The summed E-state index contributed by atoms with van der Waals surface area (Å²) in [6, 6.07) is 2.38. The van der Waals surface area contributed by atoms with Gasteiger partial charge in [0.1, 0.15) is 18.5 Å². The number of oxime groups is 1. The number of piperidine rings is 1. The molecule has 2 aromatic rings. The Hall–Kier alpha value is -2.98. The minimum absolute atomic E-state index is 0.00161. The van der Waals surface area contributed by atoms with E-state index in [1.165, 1.54) is 20.4 Å². The van der Waals surface area contributed by atoms with Crippen LogP contribution in [0.25, 0.3) is 10.9 Å². The Morgan fingerprint density at radius 3 is 2.71 bits per heavy atom. The van der Waals surface area contributed by atoms with E-state index >= 15 is 4.39 Å². The quantitative estimate of drug-likeness (QED) is 0.667. The molecule has 31 heavy (non-hydrogen) atoms. The average Bonchev–Trinajstić information content (AvgIpc) is 2.69. The van der Waals surface area contributed by atoms with Crippen molar-refractivity contribution in [1.82, 2.24) is 4.57 Å². The van der Waals surface area contributed by atoms with Crippen LogP contribution in [0.1, 0.15) is 36.7 Å². The molecule has 0 radical (unpaired) electrons. The third-order valence-electron chi connectivity index (χ3n) is 5.55. The van der Waals surface area contributed by atoms with E-state index in [0.29, 0.717) is 30.7 Å². The molecule has 1 aromatic heterocycles. The average molecular weight is 434 g/mol. The number of pyridine rings is 1. The monoisotopic (exact) mass is 434 g/mol. The summed E-state index contributed by atoms with van der Waals surface area (Å²) in [4.78, 5) is 30.9. The second-order valence-corrected chi connectivity index (χ2v) is 8.02. The van der Waals surface area contributed by atoms with Crippen LogP contribution in [-0.4, -0.2) is 60.8 Å². The van der Waals surface area contributed by atoms with Crippen molar-refractivity contribution in [3.8, 4) is 0 Å². The van der Waals surface area contributed by atoms with Crippen LogP contribution < -0.4 is 16.1 Å². The number of nitrogens with two attached hydrogens (primary N) is 1. The molecule has 1 aliphatic rings. The molecule has 2 atom stereocenters. The Bertz CT molecular complexity index is 1100. The highest BCUT2D eigenvalue weighted by molar-refractivity contribution is 5.96. The van der Waals surface area contributed by atoms with Gasteiger partial charge < -0.3 is 29.9 Å². The molecule has 3 N–H and O–H groups in total. The van der Waals surface area contributed by atoms with E-state index in [9.17, 15) is 14.7 Å². The highest BCUT2D eigenvalue weighted by Gasteiger charge is 2.35. The zero-order valence-electron chi connectivity index (χ0n) is 18.0. The summed E-state index contributed by atoms with van der Waals surface area (Å²) in [7, 11) is 2.98. The molecule has 1 aromatic carbocycles. The van der Waals surface area contributed by atoms with E-state index in [1.807, 2.05) is 6.92 Å². The number of anilines is 1. The maximum Gasteiger partial charge on any atom is 0.341 e. The van der Waals surface area contributed by atoms with Crippen molar-refractivity contribution < 1.29 is 23.9 Å². The van der Waals surface area contributed by atoms with Gasteiger partial charge in [-0.15, -0.1) is 0 Å². The fraction of sp³-hybridized carbons (Fsp3) is 0.476. The second kappa shape index (κ2) is 8.64. The van der Waals surface area contributed by atoms with E-state index in [4.69, 9.17) is 15.3 Å². The number of methoxy groups -OCH3 is 1. The zero-order chi connectivity index (χ0) is 22.9. The van der Waals surface area contributed by atoms with E-state index < -0.39 is 28.3 Å². The first-order chi connectivity index (χ1) is 14.6. The predicted molar refractivity (Wildman–Crippen MR) is 116 cm³/mol. The minimum atomic E-state index is -1.37. The zero-order valence-corrected chi connectivity index (χ0v) is 18.0. The number of aromatic carboxylic acids is 1. The van der Waals surface area contributed by atoms with Crippen molar-refractivity contribution in [2.45, 2.75) is 31.8 Å². The van der Waals surface area contributed by atoms with Crippen LogP contribution in [0.15, 0.2) is 28.3 Å². The van der Waals surface area contributed by atoms with Crippen LogP contribution in [0.2, 0.25) is 0 Å². The van der Waals surface area contributed by atoms with Crippen LogP contribution in [0.4, 0.5) is 10.1 Å². The number of halogens is 1. The topological polar surface area (TPSA) is 119 Å².